The highest BCUT2D eigenvalue weighted by Gasteiger charge is 2.34. The van der Waals surface area contributed by atoms with Crippen molar-refractivity contribution in [3.05, 3.63) is 15.8 Å². The number of hydrazine groups is 1. The Hall–Kier alpha value is -2.01. The van der Waals surface area contributed by atoms with Gasteiger partial charge in [-0.3, -0.25) is 15.5 Å². The van der Waals surface area contributed by atoms with Gasteiger partial charge in [-0.15, -0.1) is 0 Å². The van der Waals surface area contributed by atoms with Gasteiger partial charge in [0.1, 0.15) is 5.69 Å². The van der Waals surface area contributed by atoms with Crippen molar-refractivity contribution in [1.82, 2.24) is 9.97 Å². The summed E-state index contributed by atoms with van der Waals surface area (Å²) in [6.45, 7) is 3.31. The largest absolute Gasteiger partial charge is 0.346 e. The van der Waals surface area contributed by atoms with Gasteiger partial charge in [0, 0.05) is 12.6 Å². The lowest BCUT2D eigenvalue weighted by atomic mass is 10.2. The maximum Gasteiger partial charge on any atom is 0.332 e. The monoisotopic (exact) mass is 316 g/mol. The van der Waals surface area contributed by atoms with Crippen LogP contribution in [0.5, 0.6) is 0 Å². The van der Waals surface area contributed by atoms with Gasteiger partial charge in [0.2, 0.25) is 11.8 Å². The fourth-order valence-corrected chi connectivity index (χ4v) is 3.90. The topological polar surface area (TPSA) is 144 Å². The van der Waals surface area contributed by atoms with E-state index in [9.17, 15) is 18.5 Å². The molecule has 21 heavy (non-hydrogen) atoms. The van der Waals surface area contributed by atoms with Gasteiger partial charge in [0.25, 0.3) is 0 Å². The minimum Gasteiger partial charge on any atom is -0.346 e. The molecule has 0 spiro atoms. The van der Waals surface area contributed by atoms with Crippen LogP contribution in [0.15, 0.2) is 0 Å². The summed E-state index contributed by atoms with van der Waals surface area (Å²) in [6.07, 6.45) is 0. The standard InChI is InChI=1S/C10H16N6O4S/c1-6-5-21(19,20)4-3-15(6)9-8(16(17)18)7(2)12-10(13-9)14-11/h6H,3-5,11H2,1-2H3,(H,12,13,14). The SMILES string of the molecule is Cc1nc(NN)nc(N2CCS(=O)(=O)CC2C)c1[N+](=O)[O-]. The van der Waals surface area contributed by atoms with Crippen LogP contribution in [0.1, 0.15) is 12.6 Å². The highest BCUT2D eigenvalue weighted by atomic mass is 32.2. The van der Waals surface area contributed by atoms with Crippen molar-refractivity contribution in [2.24, 2.45) is 5.84 Å². The fourth-order valence-electron chi connectivity index (χ4n) is 2.34. The summed E-state index contributed by atoms with van der Waals surface area (Å²) >= 11 is 0. The molecule has 1 saturated heterocycles. The molecule has 1 unspecified atom stereocenters. The van der Waals surface area contributed by atoms with Crippen LogP contribution < -0.4 is 16.2 Å². The zero-order valence-corrected chi connectivity index (χ0v) is 12.4. The first-order valence-electron chi connectivity index (χ1n) is 6.22. The molecule has 1 fully saturated rings. The summed E-state index contributed by atoms with van der Waals surface area (Å²) in [7, 11) is -3.13. The molecular formula is C10H16N6O4S. The maximum absolute atomic E-state index is 11.6. The molecule has 3 N–H and O–H groups in total. The summed E-state index contributed by atoms with van der Waals surface area (Å²) in [5.41, 5.74) is 2.18. The number of aromatic nitrogens is 2. The number of aryl methyl sites for hydroxylation is 1. The molecule has 1 atom stereocenters. The first-order chi connectivity index (χ1) is 9.75. The average molecular weight is 316 g/mol. The van der Waals surface area contributed by atoms with Crippen molar-refractivity contribution >= 4 is 27.3 Å². The van der Waals surface area contributed by atoms with Crippen LogP contribution in [0.25, 0.3) is 0 Å². The number of nitrogen functional groups attached to an aromatic ring is 1. The Morgan fingerprint density at radius 3 is 2.67 bits per heavy atom. The third-order valence-corrected chi connectivity index (χ3v) is 5.09. The summed E-state index contributed by atoms with van der Waals surface area (Å²) < 4.78 is 23.2. The van der Waals surface area contributed by atoms with Crippen molar-refractivity contribution < 1.29 is 13.3 Å². The Bertz CT molecular complexity index is 676. The van der Waals surface area contributed by atoms with E-state index in [0.717, 1.165) is 0 Å². The van der Waals surface area contributed by atoms with E-state index in [-0.39, 0.29) is 41.2 Å². The molecule has 0 saturated carbocycles. The van der Waals surface area contributed by atoms with Gasteiger partial charge < -0.3 is 4.90 Å². The van der Waals surface area contributed by atoms with Crippen molar-refractivity contribution in [3.63, 3.8) is 0 Å². The van der Waals surface area contributed by atoms with E-state index >= 15 is 0 Å². The molecule has 2 heterocycles. The van der Waals surface area contributed by atoms with Gasteiger partial charge in [-0.2, -0.15) is 4.98 Å². The molecule has 0 radical (unpaired) electrons. The molecule has 1 aliphatic rings. The van der Waals surface area contributed by atoms with Crippen molar-refractivity contribution in [2.45, 2.75) is 19.9 Å². The van der Waals surface area contributed by atoms with Gasteiger partial charge in [-0.1, -0.05) is 0 Å². The van der Waals surface area contributed by atoms with E-state index < -0.39 is 20.8 Å². The summed E-state index contributed by atoms with van der Waals surface area (Å²) in [6, 6.07) is -0.414. The highest BCUT2D eigenvalue weighted by molar-refractivity contribution is 7.91. The predicted octanol–water partition coefficient (Wildman–Crippen LogP) is -0.398. The van der Waals surface area contributed by atoms with Crippen LogP contribution in [0.3, 0.4) is 0 Å². The molecular weight excluding hydrogens is 300 g/mol. The Kier molecular flexibility index (Phi) is 3.96. The van der Waals surface area contributed by atoms with Gasteiger partial charge >= 0.3 is 5.69 Å². The Morgan fingerprint density at radius 1 is 1.48 bits per heavy atom. The van der Waals surface area contributed by atoms with Gasteiger partial charge in [-0.05, 0) is 13.8 Å². The second-order valence-corrected chi connectivity index (χ2v) is 7.09. The van der Waals surface area contributed by atoms with Crippen LogP contribution in [-0.2, 0) is 9.84 Å². The highest BCUT2D eigenvalue weighted by Crippen LogP contribution is 2.32. The number of rotatable bonds is 3. The molecule has 11 heteroatoms. The number of sulfone groups is 1. The zero-order valence-electron chi connectivity index (χ0n) is 11.6. The number of nitrogens with zero attached hydrogens (tertiary/aromatic N) is 4. The number of nitrogens with two attached hydrogens (primary N) is 1. The Morgan fingerprint density at radius 2 is 2.14 bits per heavy atom. The van der Waals surface area contributed by atoms with Gasteiger partial charge in [0.05, 0.1) is 16.4 Å². The summed E-state index contributed by atoms with van der Waals surface area (Å²) in [5, 5.41) is 11.2. The molecule has 0 aliphatic carbocycles. The van der Waals surface area contributed by atoms with Gasteiger partial charge in [-0.25, -0.2) is 19.2 Å². The molecule has 0 aromatic carbocycles. The number of hydrogen-bond donors (Lipinski definition) is 2. The fraction of sp³-hybridized carbons (Fsp3) is 0.600. The molecule has 1 aromatic rings. The molecule has 1 aromatic heterocycles. The van der Waals surface area contributed by atoms with E-state index in [2.05, 4.69) is 15.4 Å². The number of nitro groups is 1. The smallest absolute Gasteiger partial charge is 0.332 e. The number of nitrogens with one attached hydrogen (secondary N) is 1. The predicted molar refractivity (Wildman–Crippen MR) is 76.7 cm³/mol. The van der Waals surface area contributed by atoms with Crippen LogP contribution >= 0.6 is 0 Å². The molecule has 0 bridgehead atoms. The van der Waals surface area contributed by atoms with E-state index in [1.807, 2.05) is 0 Å². The van der Waals surface area contributed by atoms with Crippen LogP contribution in [-0.4, -0.2) is 47.4 Å². The lowest BCUT2D eigenvalue weighted by molar-refractivity contribution is -0.385. The van der Waals surface area contributed by atoms with E-state index in [0.29, 0.717) is 0 Å². The van der Waals surface area contributed by atoms with Crippen LogP contribution in [0, 0.1) is 17.0 Å². The second-order valence-electron chi connectivity index (χ2n) is 4.86. The summed E-state index contributed by atoms with van der Waals surface area (Å²) in [5.74, 6) is 5.26. The van der Waals surface area contributed by atoms with Crippen LogP contribution in [0.2, 0.25) is 0 Å². The van der Waals surface area contributed by atoms with Crippen LogP contribution in [0.4, 0.5) is 17.5 Å². The zero-order chi connectivity index (χ0) is 15.8. The number of hydrogen-bond acceptors (Lipinski definition) is 9. The molecule has 116 valence electrons. The first kappa shape index (κ1) is 15.4. The molecule has 2 rings (SSSR count). The van der Waals surface area contributed by atoms with Crippen molar-refractivity contribution in [1.29, 1.82) is 0 Å². The minimum atomic E-state index is -3.13. The lowest BCUT2D eigenvalue weighted by Gasteiger charge is -2.33. The van der Waals surface area contributed by atoms with E-state index in [1.54, 1.807) is 11.8 Å². The lowest BCUT2D eigenvalue weighted by Crippen LogP contribution is -2.47. The van der Waals surface area contributed by atoms with E-state index in [4.69, 9.17) is 5.84 Å². The quantitative estimate of drug-likeness (QED) is 0.432. The molecule has 0 amide bonds. The Labute approximate surface area is 121 Å². The van der Waals surface area contributed by atoms with Crippen molar-refractivity contribution in [3.8, 4) is 0 Å². The molecule has 10 nitrogen and oxygen atoms in total. The Balaban J connectivity index is 2.52. The normalized spacial score (nSPS) is 21.1. The second kappa shape index (κ2) is 5.41. The third-order valence-electron chi connectivity index (χ3n) is 3.29. The molecule has 1 aliphatic heterocycles. The average Bonchev–Trinajstić information content (AvgIpc) is 2.36. The van der Waals surface area contributed by atoms with Gasteiger partial charge in [0.15, 0.2) is 9.84 Å². The third kappa shape index (κ3) is 3.03. The minimum absolute atomic E-state index is 0.0498. The maximum atomic E-state index is 11.6. The number of anilines is 2. The van der Waals surface area contributed by atoms with Crippen molar-refractivity contribution in [2.75, 3.05) is 28.4 Å². The first-order valence-corrected chi connectivity index (χ1v) is 8.04. The summed E-state index contributed by atoms with van der Waals surface area (Å²) in [4.78, 5) is 20.2. The van der Waals surface area contributed by atoms with E-state index in [1.165, 1.54) is 6.92 Å².